The van der Waals surface area contributed by atoms with Gasteiger partial charge in [0.1, 0.15) is 12.4 Å². The zero-order valence-electron chi connectivity index (χ0n) is 13.8. The number of hydrogen-bond donors (Lipinski definition) is 2. The van der Waals surface area contributed by atoms with E-state index in [2.05, 4.69) is 20.5 Å². The average molecular weight is 334 g/mol. The molecule has 3 aromatic rings. The molecule has 2 N–H and O–H groups in total. The summed E-state index contributed by atoms with van der Waals surface area (Å²) in [5.41, 5.74) is 5.06. The number of aryl methyl sites for hydroxylation is 1. The van der Waals surface area contributed by atoms with Crippen LogP contribution >= 0.6 is 0 Å². The molecule has 0 radical (unpaired) electrons. The number of aromatic nitrogens is 2. The molecule has 126 valence electrons. The second kappa shape index (κ2) is 7.92. The Hall–Kier alpha value is -3.41. The third kappa shape index (κ3) is 4.78. The van der Waals surface area contributed by atoms with Crippen molar-refractivity contribution in [2.24, 2.45) is 5.10 Å². The van der Waals surface area contributed by atoms with E-state index in [4.69, 9.17) is 4.74 Å². The first-order valence-corrected chi connectivity index (χ1v) is 7.83. The zero-order chi connectivity index (χ0) is 17.5. The average Bonchev–Trinajstić information content (AvgIpc) is 2.61. The molecule has 2 aromatic carbocycles. The summed E-state index contributed by atoms with van der Waals surface area (Å²) in [4.78, 5) is 18.2. The maximum Gasteiger partial charge on any atom is 0.252 e. The third-order valence-electron chi connectivity index (χ3n) is 3.44. The summed E-state index contributed by atoms with van der Waals surface area (Å²) in [7, 11) is 0. The number of hydrogen-bond acceptors (Lipinski definition) is 5. The minimum absolute atomic E-state index is 0.220. The molecule has 0 atom stereocenters. The van der Waals surface area contributed by atoms with Crippen LogP contribution in [0.1, 0.15) is 16.8 Å². The van der Waals surface area contributed by atoms with E-state index in [1.807, 2.05) is 54.6 Å². The van der Waals surface area contributed by atoms with Gasteiger partial charge in [0.05, 0.1) is 6.21 Å². The van der Waals surface area contributed by atoms with Crippen molar-refractivity contribution in [1.82, 2.24) is 9.97 Å². The lowest BCUT2D eigenvalue weighted by molar-refractivity contribution is 0.306. The van der Waals surface area contributed by atoms with E-state index in [1.165, 1.54) is 6.07 Å². The van der Waals surface area contributed by atoms with Crippen molar-refractivity contribution in [2.75, 3.05) is 5.43 Å². The molecule has 0 saturated carbocycles. The fourth-order valence-electron chi connectivity index (χ4n) is 2.26. The lowest BCUT2D eigenvalue weighted by Crippen LogP contribution is -2.10. The van der Waals surface area contributed by atoms with Crippen LogP contribution in [0.4, 0.5) is 5.95 Å². The van der Waals surface area contributed by atoms with Gasteiger partial charge in [0, 0.05) is 17.3 Å². The Balaban J connectivity index is 1.69. The third-order valence-corrected chi connectivity index (χ3v) is 3.44. The van der Waals surface area contributed by atoms with Crippen LogP contribution in [0.15, 0.2) is 70.6 Å². The van der Waals surface area contributed by atoms with Crippen LogP contribution < -0.4 is 15.7 Å². The fraction of sp³-hybridized carbons (Fsp3) is 0.105. The van der Waals surface area contributed by atoms with E-state index in [0.717, 1.165) is 16.9 Å². The van der Waals surface area contributed by atoms with Crippen LogP contribution in [0.2, 0.25) is 0 Å². The molecule has 0 unspecified atom stereocenters. The highest BCUT2D eigenvalue weighted by molar-refractivity contribution is 5.82. The molecule has 1 aromatic heterocycles. The van der Waals surface area contributed by atoms with Crippen molar-refractivity contribution >= 4 is 12.2 Å². The van der Waals surface area contributed by atoms with E-state index < -0.39 is 0 Å². The van der Waals surface area contributed by atoms with E-state index >= 15 is 0 Å². The van der Waals surface area contributed by atoms with Gasteiger partial charge < -0.3 is 4.74 Å². The number of H-pyrrole nitrogens is 1. The summed E-state index contributed by atoms with van der Waals surface area (Å²) in [6, 6.07) is 18.9. The fourth-order valence-corrected chi connectivity index (χ4v) is 2.26. The van der Waals surface area contributed by atoms with Crippen LogP contribution in [0.3, 0.4) is 0 Å². The Morgan fingerprint density at radius 3 is 2.72 bits per heavy atom. The minimum Gasteiger partial charge on any atom is -0.489 e. The normalized spacial score (nSPS) is 10.8. The number of nitrogens with one attached hydrogen (secondary N) is 2. The van der Waals surface area contributed by atoms with Crippen molar-refractivity contribution in [2.45, 2.75) is 13.5 Å². The molecule has 0 spiro atoms. The highest BCUT2D eigenvalue weighted by atomic mass is 16.5. The smallest absolute Gasteiger partial charge is 0.252 e. The van der Waals surface area contributed by atoms with Gasteiger partial charge in [0.15, 0.2) is 0 Å². The predicted octanol–water partition coefficient (Wildman–Crippen LogP) is 3.10. The molecule has 25 heavy (non-hydrogen) atoms. The summed E-state index contributed by atoms with van der Waals surface area (Å²) >= 11 is 0. The Bertz CT molecular complexity index is 920. The maximum absolute atomic E-state index is 11.4. The molecular formula is C19H18N4O2. The monoisotopic (exact) mass is 334 g/mol. The molecule has 0 aliphatic heterocycles. The van der Waals surface area contributed by atoms with Gasteiger partial charge in [-0.25, -0.2) is 10.4 Å². The van der Waals surface area contributed by atoms with Crippen LogP contribution in [-0.4, -0.2) is 16.2 Å². The molecule has 6 nitrogen and oxygen atoms in total. The van der Waals surface area contributed by atoms with Gasteiger partial charge in [-0.05, 0) is 24.6 Å². The highest BCUT2D eigenvalue weighted by Gasteiger charge is 2.01. The lowest BCUT2D eigenvalue weighted by Gasteiger charge is -2.08. The molecular weight excluding hydrogens is 316 g/mol. The topological polar surface area (TPSA) is 79.4 Å². The summed E-state index contributed by atoms with van der Waals surface area (Å²) in [6.07, 6.45) is 1.67. The Labute approximate surface area is 145 Å². The number of anilines is 1. The van der Waals surface area contributed by atoms with Crippen LogP contribution in [0.25, 0.3) is 0 Å². The molecule has 0 saturated heterocycles. The number of aromatic amines is 1. The second-order valence-electron chi connectivity index (χ2n) is 5.41. The van der Waals surface area contributed by atoms with E-state index in [-0.39, 0.29) is 5.56 Å². The first-order valence-electron chi connectivity index (χ1n) is 7.83. The van der Waals surface area contributed by atoms with Gasteiger partial charge in [-0.1, -0.05) is 42.5 Å². The van der Waals surface area contributed by atoms with Crippen molar-refractivity contribution in [1.29, 1.82) is 0 Å². The first-order chi connectivity index (χ1) is 12.2. The largest absolute Gasteiger partial charge is 0.489 e. The van der Waals surface area contributed by atoms with Crippen molar-refractivity contribution in [3.8, 4) is 5.75 Å². The number of ether oxygens (including phenoxy) is 1. The van der Waals surface area contributed by atoms with Gasteiger partial charge in [0.2, 0.25) is 5.95 Å². The molecule has 0 fully saturated rings. The highest BCUT2D eigenvalue weighted by Crippen LogP contribution is 2.13. The lowest BCUT2D eigenvalue weighted by atomic mass is 10.1. The van der Waals surface area contributed by atoms with Crippen molar-refractivity contribution in [3.05, 3.63) is 87.8 Å². The quantitative estimate of drug-likeness (QED) is 0.536. The van der Waals surface area contributed by atoms with E-state index in [0.29, 0.717) is 18.2 Å². The number of hydrazone groups is 1. The van der Waals surface area contributed by atoms with Gasteiger partial charge in [-0.3, -0.25) is 9.78 Å². The summed E-state index contributed by atoms with van der Waals surface area (Å²) in [6.45, 7) is 2.19. The maximum atomic E-state index is 11.4. The number of nitrogens with zero attached hydrogens (tertiary/aromatic N) is 2. The molecule has 0 amide bonds. The van der Waals surface area contributed by atoms with Crippen LogP contribution in [-0.2, 0) is 6.61 Å². The Morgan fingerprint density at radius 1 is 1.16 bits per heavy atom. The molecule has 1 heterocycles. The first kappa shape index (κ1) is 16.4. The summed E-state index contributed by atoms with van der Waals surface area (Å²) in [5, 5.41) is 4.15. The predicted molar refractivity (Wildman–Crippen MR) is 98.0 cm³/mol. The summed E-state index contributed by atoms with van der Waals surface area (Å²) in [5.74, 6) is 1.12. The molecule has 0 aliphatic carbocycles. The van der Waals surface area contributed by atoms with E-state index in [9.17, 15) is 4.79 Å². The Kier molecular flexibility index (Phi) is 5.21. The van der Waals surface area contributed by atoms with Gasteiger partial charge in [-0.2, -0.15) is 5.10 Å². The molecule has 0 aliphatic rings. The molecule has 3 rings (SSSR count). The van der Waals surface area contributed by atoms with Crippen molar-refractivity contribution in [3.63, 3.8) is 0 Å². The van der Waals surface area contributed by atoms with Gasteiger partial charge >= 0.3 is 0 Å². The SMILES string of the molecule is Cc1cc(=O)[nH]c(N/N=C\c2ccccc2COc2ccccc2)n1. The summed E-state index contributed by atoms with van der Waals surface area (Å²) < 4.78 is 5.79. The second-order valence-corrected chi connectivity index (χ2v) is 5.41. The van der Waals surface area contributed by atoms with Gasteiger partial charge in [0.25, 0.3) is 5.56 Å². The standard InChI is InChI=1S/C19H18N4O2/c1-14-11-18(24)22-19(21-14)23-20-12-15-7-5-6-8-16(15)13-25-17-9-3-2-4-10-17/h2-12H,13H2,1H3,(H2,21,22,23,24)/b20-12-. The number of benzene rings is 2. The molecule has 0 bridgehead atoms. The van der Waals surface area contributed by atoms with Crippen LogP contribution in [0, 0.1) is 6.92 Å². The van der Waals surface area contributed by atoms with Crippen LogP contribution in [0.5, 0.6) is 5.75 Å². The van der Waals surface area contributed by atoms with Gasteiger partial charge in [-0.15, -0.1) is 0 Å². The number of rotatable bonds is 6. The zero-order valence-corrected chi connectivity index (χ0v) is 13.8. The molecule has 6 heteroatoms. The van der Waals surface area contributed by atoms with E-state index in [1.54, 1.807) is 13.1 Å². The number of para-hydroxylation sites is 1. The minimum atomic E-state index is -0.220. The van der Waals surface area contributed by atoms with Crippen molar-refractivity contribution < 1.29 is 4.74 Å². The Morgan fingerprint density at radius 2 is 1.92 bits per heavy atom.